The van der Waals surface area contributed by atoms with Crippen LogP contribution in [-0.2, 0) is 11.0 Å². The number of hydrogen-bond acceptors (Lipinski definition) is 8. The first-order valence-electron chi connectivity index (χ1n) is 11.6. The zero-order valence-electron chi connectivity index (χ0n) is 21.8. The summed E-state index contributed by atoms with van der Waals surface area (Å²) in [6.07, 6.45) is -2.37. The molecule has 0 aliphatic heterocycles. The fraction of sp³-hybridized carbons (Fsp3) is 0.269. The van der Waals surface area contributed by atoms with Crippen LogP contribution in [0.1, 0.15) is 19.4 Å². The van der Waals surface area contributed by atoms with Crippen molar-refractivity contribution in [2.24, 2.45) is 5.73 Å². The van der Waals surface area contributed by atoms with Gasteiger partial charge in [0.05, 0.1) is 35.4 Å². The second-order valence-corrected chi connectivity index (χ2v) is 9.34. The van der Waals surface area contributed by atoms with Gasteiger partial charge in [-0.25, -0.2) is 14.4 Å². The number of methoxy groups -OCH3 is 1. The Labute approximate surface area is 223 Å². The highest BCUT2D eigenvalue weighted by molar-refractivity contribution is 6.02. The molecule has 13 heteroatoms. The average Bonchev–Trinajstić information content (AvgIpc) is 2.84. The van der Waals surface area contributed by atoms with Gasteiger partial charge in [-0.1, -0.05) is 6.58 Å². The number of halogens is 4. The van der Waals surface area contributed by atoms with Gasteiger partial charge in [-0.15, -0.1) is 0 Å². The minimum atomic E-state index is -4.64. The standard InChI is InChI=1S/C26H29F4N7O2/c1-6-24(38)36-18-10-19(21(39-5)11-20(18)37(4)13-25(2,3)31)35-23-12-22(32-14-33-23)34-17-9-15(26(28,29)30)7-8-16(17)27/h6-12,14H,1,13,31H2,2-5H3,(H,36,38)(H2,32,33,34,35). The molecule has 0 aliphatic carbocycles. The van der Waals surface area contributed by atoms with Crippen LogP contribution in [0.3, 0.4) is 0 Å². The maximum atomic E-state index is 14.2. The number of amides is 1. The minimum absolute atomic E-state index is 0.0337. The molecule has 39 heavy (non-hydrogen) atoms. The fourth-order valence-corrected chi connectivity index (χ4v) is 3.70. The van der Waals surface area contributed by atoms with E-state index in [9.17, 15) is 22.4 Å². The molecule has 0 radical (unpaired) electrons. The first-order valence-corrected chi connectivity index (χ1v) is 11.6. The number of benzene rings is 2. The molecule has 1 heterocycles. The third kappa shape index (κ3) is 7.80. The van der Waals surface area contributed by atoms with Crippen LogP contribution in [0.15, 0.2) is 55.4 Å². The number of hydrogen-bond donors (Lipinski definition) is 4. The lowest BCUT2D eigenvalue weighted by molar-refractivity contribution is -0.137. The zero-order chi connectivity index (χ0) is 29.0. The number of carbonyl (C=O) groups is 1. The first kappa shape index (κ1) is 29.2. The highest BCUT2D eigenvalue weighted by Gasteiger charge is 2.31. The Bertz CT molecular complexity index is 1360. The summed E-state index contributed by atoms with van der Waals surface area (Å²) >= 11 is 0. The number of anilines is 6. The second kappa shape index (κ2) is 11.6. The lowest BCUT2D eigenvalue weighted by Crippen LogP contribution is -2.44. The van der Waals surface area contributed by atoms with Crippen LogP contribution in [-0.4, -0.2) is 42.1 Å². The monoisotopic (exact) mass is 547 g/mol. The molecule has 0 atom stereocenters. The lowest BCUT2D eigenvalue weighted by atomic mass is 10.1. The fourth-order valence-electron chi connectivity index (χ4n) is 3.70. The Morgan fingerprint density at radius 2 is 1.72 bits per heavy atom. The molecule has 0 bridgehead atoms. The number of nitrogens with one attached hydrogen (secondary N) is 3. The van der Waals surface area contributed by atoms with Crippen LogP contribution < -0.4 is 31.3 Å². The summed E-state index contributed by atoms with van der Waals surface area (Å²) in [5, 5.41) is 8.34. The van der Waals surface area contributed by atoms with Gasteiger partial charge in [-0.3, -0.25) is 4.79 Å². The number of rotatable bonds is 10. The zero-order valence-corrected chi connectivity index (χ0v) is 21.8. The summed E-state index contributed by atoms with van der Waals surface area (Å²) in [6.45, 7) is 7.67. The van der Waals surface area contributed by atoms with E-state index in [2.05, 4.69) is 32.5 Å². The molecule has 5 N–H and O–H groups in total. The van der Waals surface area contributed by atoms with Gasteiger partial charge in [0, 0.05) is 31.3 Å². The SMILES string of the molecule is C=CC(=O)Nc1cc(Nc2cc(Nc3cc(C(F)(F)F)ccc3F)ncn2)c(OC)cc1N(C)CC(C)(C)N. The molecule has 2 aromatic carbocycles. The molecule has 0 saturated carbocycles. The number of aromatic nitrogens is 2. The van der Waals surface area contributed by atoms with Gasteiger partial charge in [0.15, 0.2) is 0 Å². The Morgan fingerprint density at radius 1 is 1.08 bits per heavy atom. The van der Waals surface area contributed by atoms with Crippen LogP contribution in [0.25, 0.3) is 0 Å². The number of ether oxygens (including phenoxy) is 1. The van der Waals surface area contributed by atoms with E-state index in [1.54, 1.807) is 12.1 Å². The van der Waals surface area contributed by atoms with Crippen LogP contribution in [0.5, 0.6) is 5.75 Å². The quantitative estimate of drug-likeness (QED) is 0.196. The molecule has 0 fully saturated rings. The van der Waals surface area contributed by atoms with Crippen molar-refractivity contribution in [3.05, 3.63) is 66.8 Å². The van der Waals surface area contributed by atoms with E-state index >= 15 is 0 Å². The summed E-state index contributed by atoms with van der Waals surface area (Å²) in [6, 6.07) is 6.72. The van der Waals surface area contributed by atoms with Gasteiger partial charge in [0.1, 0.15) is 29.5 Å². The Balaban J connectivity index is 1.96. The molecule has 3 aromatic rings. The highest BCUT2D eigenvalue weighted by atomic mass is 19.4. The van der Waals surface area contributed by atoms with E-state index in [0.29, 0.717) is 41.5 Å². The van der Waals surface area contributed by atoms with Crippen LogP contribution >= 0.6 is 0 Å². The van der Waals surface area contributed by atoms with Gasteiger partial charge in [0.25, 0.3) is 0 Å². The largest absolute Gasteiger partial charge is 0.494 e. The van der Waals surface area contributed by atoms with Gasteiger partial charge in [-0.05, 0) is 44.2 Å². The van der Waals surface area contributed by atoms with Crippen LogP contribution in [0.4, 0.5) is 51.9 Å². The van der Waals surface area contributed by atoms with Crippen molar-refractivity contribution in [2.75, 3.05) is 41.6 Å². The Hall–Kier alpha value is -4.39. The van der Waals surface area contributed by atoms with Crippen molar-refractivity contribution in [3.63, 3.8) is 0 Å². The number of carbonyl (C=O) groups excluding carboxylic acids is 1. The summed E-state index contributed by atoms with van der Waals surface area (Å²) in [5.41, 5.74) is 5.66. The van der Waals surface area contributed by atoms with Gasteiger partial charge >= 0.3 is 6.18 Å². The Morgan fingerprint density at radius 3 is 2.28 bits per heavy atom. The summed E-state index contributed by atoms with van der Waals surface area (Å²) in [4.78, 5) is 22.1. The maximum Gasteiger partial charge on any atom is 0.416 e. The average molecular weight is 548 g/mol. The summed E-state index contributed by atoms with van der Waals surface area (Å²) < 4.78 is 59.0. The first-order chi connectivity index (χ1) is 18.2. The number of likely N-dealkylation sites (N-methyl/N-ethyl adjacent to an activating group) is 1. The normalized spacial score (nSPS) is 11.5. The molecule has 1 amide bonds. The van der Waals surface area contributed by atoms with Crippen molar-refractivity contribution in [1.82, 2.24) is 9.97 Å². The molecule has 3 rings (SSSR count). The second-order valence-electron chi connectivity index (χ2n) is 9.34. The summed E-state index contributed by atoms with van der Waals surface area (Å²) in [7, 11) is 3.28. The lowest BCUT2D eigenvalue weighted by Gasteiger charge is -2.30. The number of alkyl halides is 3. The van der Waals surface area contributed by atoms with E-state index in [0.717, 1.165) is 18.5 Å². The number of nitrogens with two attached hydrogens (primary N) is 1. The minimum Gasteiger partial charge on any atom is -0.494 e. The van der Waals surface area contributed by atoms with Crippen LogP contribution in [0.2, 0.25) is 0 Å². The molecule has 0 spiro atoms. The Kier molecular flexibility index (Phi) is 8.64. The maximum absolute atomic E-state index is 14.2. The van der Waals surface area contributed by atoms with E-state index in [4.69, 9.17) is 10.5 Å². The van der Waals surface area contributed by atoms with E-state index in [-0.39, 0.29) is 11.6 Å². The molecule has 9 nitrogen and oxygen atoms in total. The third-order valence-electron chi connectivity index (χ3n) is 5.30. The highest BCUT2D eigenvalue weighted by Crippen LogP contribution is 2.39. The number of nitrogens with zero attached hydrogens (tertiary/aromatic N) is 3. The van der Waals surface area contributed by atoms with Crippen molar-refractivity contribution in [3.8, 4) is 5.75 Å². The van der Waals surface area contributed by atoms with Gasteiger partial charge in [-0.2, -0.15) is 13.2 Å². The molecule has 208 valence electrons. The van der Waals surface area contributed by atoms with Gasteiger partial charge in [0.2, 0.25) is 5.91 Å². The predicted molar refractivity (Wildman–Crippen MR) is 143 cm³/mol. The molecule has 0 unspecified atom stereocenters. The topological polar surface area (TPSA) is 117 Å². The van der Waals surface area contributed by atoms with Gasteiger partial charge < -0.3 is 31.3 Å². The van der Waals surface area contributed by atoms with E-state index in [1.807, 2.05) is 25.8 Å². The van der Waals surface area contributed by atoms with E-state index in [1.165, 1.54) is 13.2 Å². The van der Waals surface area contributed by atoms with Crippen molar-refractivity contribution in [1.29, 1.82) is 0 Å². The molecule has 0 saturated heterocycles. The summed E-state index contributed by atoms with van der Waals surface area (Å²) in [5.74, 6) is -0.694. The molecule has 1 aromatic heterocycles. The van der Waals surface area contributed by atoms with Crippen LogP contribution in [0, 0.1) is 5.82 Å². The van der Waals surface area contributed by atoms with Crippen molar-refractivity contribution < 1.29 is 27.1 Å². The smallest absolute Gasteiger partial charge is 0.416 e. The molecular formula is C26H29F4N7O2. The van der Waals surface area contributed by atoms with Crippen molar-refractivity contribution >= 4 is 40.3 Å². The van der Waals surface area contributed by atoms with E-state index < -0.39 is 34.7 Å². The molecular weight excluding hydrogens is 518 g/mol. The third-order valence-corrected chi connectivity index (χ3v) is 5.30. The van der Waals surface area contributed by atoms with Crippen molar-refractivity contribution in [2.45, 2.75) is 25.6 Å². The molecule has 0 aliphatic rings. The predicted octanol–water partition coefficient (Wildman–Crippen LogP) is 5.43.